The lowest BCUT2D eigenvalue weighted by Gasteiger charge is -2.17. The van der Waals surface area contributed by atoms with Crippen molar-refractivity contribution in [3.05, 3.63) is 59.7 Å². The number of anilines is 2. The molecule has 96 valence electrons. The van der Waals surface area contributed by atoms with Gasteiger partial charge < -0.3 is 10.6 Å². The summed E-state index contributed by atoms with van der Waals surface area (Å²) in [6.07, 6.45) is 2.27. The van der Waals surface area contributed by atoms with E-state index in [1.807, 2.05) is 7.05 Å². The highest BCUT2D eigenvalue weighted by Crippen LogP contribution is 2.35. The van der Waals surface area contributed by atoms with Gasteiger partial charge in [-0.25, -0.2) is 0 Å². The van der Waals surface area contributed by atoms with Crippen molar-refractivity contribution in [1.82, 2.24) is 5.32 Å². The standard InChI is InChI=1S/C17H18N2/c1-12(18-2)15-11-13-7-3-5-9-16(13)19-17-10-6-4-8-14(15)17/h3-12,18-19H,1-2H3. The van der Waals surface area contributed by atoms with Crippen LogP contribution in [0.25, 0.3) is 11.6 Å². The third-order valence-electron chi connectivity index (χ3n) is 3.68. The molecule has 0 amide bonds. The Morgan fingerprint density at radius 2 is 1.63 bits per heavy atom. The zero-order valence-electron chi connectivity index (χ0n) is 11.3. The van der Waals surface area contributed by atoms with Gasteiger partial charge in [0.25, 0.3) is 0 Å². The first-order chi connectivity index (χ1) is 9.29. The first-order valence-electron chi connectivity index (χ1n) is 6.64. The molecule has 0 fully saturated rings. The van der Waals surface area contributed by atoms with Crippen LogP contribution in [-0.4, -0.2) is 13.1 Å². The summed E-state index contributed by atoms with van der Waals surface area (Å²) in [6, 6.07) is 17.2. The highest BCUT2D eigenvalue weighted by atomic mass is 14.9. The van der Waals surface area contributed by atoms with Crippen molar-refractivity contribution < 1.29 is 0 Å². The number of nitrogens with one attached hydrogen (secondary N) is 2. The van der Waals surface area contributed by atoms with Gasteiger partial charge in [0.1, 0.15) is 0 Å². The molecule has 2 nitrogen and oxygen atoms in total. The molecule has 0 spiro atoms. The molecule has 0 saturated heterocycles. The van der Waals surface area contributed by atoms with E-state index in [1.165, 1.54) is 22.4 Å². The summed E-state index contributed by atoms with van der Waals surface area (Å²) >= 11 is 0. The minimum absolute atomic E-state index is 0.314. The molecule has 0 aliphatic carbocycles. The maximum Gasteiger partial charge on any atom is 0.0461 e. The second kappa shape index (κ2) is 4.90. The molecule has 1 aliphatic heterocycles. The predicted octanol–water partition coefficient (Wildman–Crippen LogP) is 3.89. The van der Waals surface area contributed by atoms with Gasteiger partial charge >= 0.3 is 0 Å². The Morgan fingerprint density at radius 3 is 2.42 bits per heavy atom. The van der Waals surface area contributed by atoms with Gasteiger partial charge in [0.2, 0.25) is 0 Å². The van der Waals surface area contributed by atoms with E-state index in [2.05, 4.69) is 72.2 Å². The van der Waals surface area contributed by atoms with Gasteiger partial charge in [-0.05, 0) is 43.3 Å². The topological polar surface area (TPSA) is 24.1 Å². The molecule has 1 unspecified atom stereocenters. The highest BCUT2D eigenvalue weighted by Gasteiger charge is 2.17. The molecule has 2 aromatic rings. The van der Waals surface area contributed by atoms with Crippen LogP contribution in [0, 0.1) is 0 Å². The molecule has 0 aromatic heterocycles. The average Bonchev–Trinajstić information content (AvgIpc) is 2.62. The van der Waals surface area contributed by atoms with Crippen LogP contribution >= 0.6 is 0 Å². The van der Waals surface area contributed by atoms with E-state index in [0.717, 1.165) is 5.69 Å². The van der Waals surface area contributed by atoms with Crippen molar-refractivity contribution in [2.45, 2.75) is 13.0 Å². The van der Waals surface area contributed by atoms with Crippen molar-refractivity contribution in [2.75, 3.05) is 12.4 Å². The first-order valence-corrected chi connectivity index (χ1v) is 6.64. The molecule has 0 saturated carbocycles. The summed E-state index contributed by atoms with van der Waals surface area (Å²) in [7, 11) is 2.00. The van der Waals surface area contributed by atoms with Crippen LogP contribution in [0.4, 0.5) is 11.4 Å². The second-order valence-electron chi connectivity index (χ2n) is 4.87. The monoisotopic (exact) mass is 250 g/mol. The van der Waals surface area contributed by atoms with E-state index in [1.54, 1.807) is 0 Å². The molecule has 2 N–H and O–H groups in total. The number of hydrogen-bond acceptors (Lipinski definition) is 2. The summed E-state index contributed by atoms with van der Waals surface area (Å²) in [5.74, 6) is 0. The Bertz CT molecular complexity index is 629. The molecule has 1 heterocycles. The van der Waals surface area contributed by atoms with E-state index in [0.29, 0.717) is 6.04 Å². The first kappa shape index (κ1) is 12.0. The maximum atomic E-state index is 3.53. The Balaban J connectivity index is 2.22. The molecule has 2 aromatic carbocycles. The number of hydrogen-bond donors (Lipinski definition) is 2. The number of para-hydroxylation sites is 2. The lowest BCUT2D eigenvalue weighted by molar-refractivity contribution is 0.747. The zero-order valence-corrected chi connectivity index (χ0v) is 11.3. The van der Waals surface area contributed by atoms with Gasteiger partial charge in [0, 0.05) is 23.0 Å². The fraction of sp³-hybridized carbons (Fsp3) is 0.176. The largest absolute Gasteiger partial charge is 0.355 e. The highest BCUT2D eigenvalue weighted by molar-refractivity contribution is 5.95. The lowest BCUT2D eigenvalue weighted by atomic mass is 9.97. The van der Waals surface area contributed by atoms with E-state index in [4.69, 9.17) is 0 Å². The average molecular weight is 250 g/mol. The molecular formula is C17H18N2. The third-order valence-corrected chi connectivity index (χ3v) is 3.68. The minimum atomic E-state index is 0.314. The van der Waals surface area contributed by atoms with Crippen molar-refractivity contribution in [1.29, 1.82) is 0 Å². The van der Waals surface area contributed by atoms with Crippen molar-refractivity contribution in [3.8, 4) is 0 Å². The van der Waals surface area contributed by atoms with Gasteiger partial charge in [0.05, 0.1) is 0 Å². The summed E-state index contributed by atoms with van der Waals surface area (Å²) in [5, 5.41) is 6.87. The Labute approximate surface area is 114 Å². The number of rotatable bonds is 2. The summed E-state index contributed by atoms with van der Waals surface area (Å²) in [6.45, 7) is 2.19. The third kappa shape index (κ3) is 2.15. The summed E-state index contributed by atoms with van der Waals surface area (Å²) in [5.41, 5.74) is 6.14. The molecule has 1 atom stereocenters. The fourth-order valence-electron chi connectivity index (χ4n) is 2.48. The van der Waals surface area contributed by atoms with Crippen molar-refractivity contribution >= 4 is 23.0 Å². The molecule has 0 radical (unpaired) electrons. The lowest BCUT2D eigenvalue weighted by Crippen LogP contribution is -2.22. The van der Waals surface area contributed by atoms with E-state index in [9.17, 15) is 0 Å². The second-order valence-corrected chi connectivity index (χ2v) is 4.87. The Morgan fingerprint density at radius 1 is 0.947 bits per heavy atom. The molecule has 2 heteroatoms. The molecule has 1 aliphatic rings. The van der Waals surface area contributed by atoms with E-state index < -0.39 is 0 Å². The number of fused-ring (bicyclic) bond motifs is 2. The molecular weight excluding hydrogens is 232 g/mol. The van der Waals surface area contributed by atoms with Crippen LogP contribution in [0.5, 0.6) is 0 Å². The Kier molecular flexibility index (Phi) is 3.10. The minimum Gasteiger partial charge on any atom is -0.355 e. The summed E-state index contributed by atoms with van der Waals surface area (Å²) < 4.78 is 0. The van der Waals surface area contributed by atoms with Crippen LogP contribution in [0.3, 0.4) is 0 Å². The van der Waals surface area contributed by atoms with Crippen LogP contribution in [0.1, 0.15) is 18.1 Å². The maximum absolute atomic E-state index is 3.53. The smallest absolute Gasteiger partial charge is 0.0461 e. The zero-order chi connectivity index (χ0) is 13.2. The van der Waals surface area contributed by atoms with Crippen molar-refractivity contribution in [3.63, 3.8) is 0 Å². The fourth-order valence-corrected chi connectivity index (χ4v) is 2.48. The molecule has 3 rings (SSSR count). The van der Waals surface area contributed by atoms with E-state index >= 15 is 0 Å². The van der Waals surface area contributed by atoms with Gasteiger partial charge in [-0.15, -0.1) is 0 Å². The van der Waals surface area contributed by atoms with Crippen molar-refractivity contribution in [2.24, 2.45) is 0 Å². The van der Waals surface area contributed by atoms with Gasteiger partial charge in [-0.1, -0.05) is 36.4 Å². The van der Waals surface area contributed by atoms with Crippen LogP contribution < -0.4 is 10.6 Å². The number of likely N-dealkylation sites (N-methyl/N-ethyl adjacent to an activating group) is 1. The quantitative estimate of drug-likeness (QED) is 0.845. The predicted molar refractivity (Wildman–Crippen MR) is 82.6 cm³/mol. The normalized spacial score (nSPS) is 14.5. The molecule has 0 bridgehead atoms. The van der Waals surface area contributed by atoms with Crippen LogP contribution in [0.15, 0.2) is 48.5 Å². The SMILES string of the molecule is CNC(C)C1=Cc2ccccc2Nc2ccccc21. The van der Waals surface area contributed by atoms with Gasteiger partial charge in [-0.2, -0.15) is 0 Å². The molecule has 19 heavy (non-hydrogen) atoms. The number of benzene rings is 2. The van der Waals surface area contributed by atoms with Crippen LogP contribution in [-0.2, 0) is 0 Å². The van der Waals surface area contributed by atoms with Crippen LogP contribution in [0.2, 0.25) is 0 Å². The van der Waals surface area contributed by atoms with E-state index in [-0.39, 0.29) is 0 Å². The Hall–Kier alpha value is -2.06. The van der Waals surface area contributed by atoms with Gasteiger partial charge in [-0.3, -0.25) is 0 Å². The summed E-state index contributed by atoms with van der Waals surface area (Å²) in [4.78, 5) is 0. The van der Waals surface area contributed by atoms with Gasteiger partial charge in [0.15, 0.2) is 0 Å².